The highest BCUT2D eigenvalue weighted by Crippen LogP contribution is 2.23. The molecule has 0 saturated carbocycles. The van der Waals surface area contributed by atoms with Crippen molar-refractivity contribution in [2.45, 2.75) is 18.7 Å². The van der Waals surface area contributed by atoms with Gasteiger partial charge in [-0.25, -0.2) is 4.39 Å². The predicted octanol–water partition coefficient (Wildman–Crippen LogP) is 3.96. The Labute approximate surface area is 143 Å². The Morgan fingerprint density at radius 2 is 1.67 bits per heavy atom. The molecule has 0 saturated heterocycles. The molecule has 0 atom stereocenters. The first-order valence-corrected chi connectivity index (χ1v) is 8.19. The van der Waals surface area contributed by atoms with Crippen LogP contribution in [0.2, 0.25) is 0 Å². The number of hydrogen-bond donors (Lipinski definition) is 1. The van der Waals surface area contributed by atoms with Crippen molar-refractivity contribution in [2.24, 2.45) is 0 Å². The summed E-state index contributed by atoms with van der Waals surface area (Å²) in [6, 6.07) is 10.8. The number of halogens is 1. The number of carbonyl (C=O) groups excluding carboxylic acids is 3. The van der Waals surface area contributed by atoms with E-state index >= 15 is 0 Å². The van der Waals surface area contributed by atoms with Gasteiger partial charge in [0.15, 0.2) is 11.6 Å². The van der Waals surface area contributed by atoms with E-state index in [4.69, 9.17) is 0 Å². The van der Waals surface area contributed by atoms with Gasteiger partial charge in [0.1, 0.15) is 5.82 Å². The minimum atomic E-state index is -0.529. The van der Waals surface area contributed by atoms with Crippen LogP contribution in [-0.2, 0) is 4.79 Å². The molecule has 124 valence electrons. The summed E-state index contributed by atoms with van der Waals surface area (Å²) in [7, 11) is 0. The zero-order valence-electron chi connectivity index (χ0n) is 13.3. The molecular weight excluding hydrogens is 329 g/mol. The summed E-state index contributed by atoms with van der Waals surface area (Å²) in [6.07, 6.45) is 0. The second-order valence-corrected chi connectivity index (χ2v) is 6.19. The average molecular weight is 345 g/mol. The number of amides is 1. The summed E-state index contributed by atoms with van der Waals surface area (Å²) in [5, 5.41) is 2.67. The van der Waals surface area contributed by atoms with Crippen molar-refractivity contribution in [3.8, 4) is 0 Å². The molecule has 0 aromatic heterocycles. The van der Waals surface area contributed by atoms with Crippen molar-refractivity contribution in [1.82, 2.24) is 0 Å². The van der Waals surface area contributed by atoms with Gasteiger partial charge in [0, 0.05) is 21.7 Å². The molecule has 2 aromatic carbocycles. The normalized spacial score (nSPS) is 10.3. The molecule has 0 aliphatic heterocycles. The quantitative estimate of drug-likeness (QED) is 0.636. The van der Waals surface area contributed by atoms with Crippen molar-refractivity contribution in [1.29, 1.82) is 0 Å². The minimum Gasteiger partial charge on any atom is -0.325 e. The van der Waals surface area contributed by atoms with Crippen molar-refractivity contribution >= 4 is 34.9 Å². The van der Waals surface area contributed by atoms with Crippen LogP contribution in [0.1, 0.15) is 34.6 Å². The monoisotopic (exact) mass is 345 g/mol. The summed E-state index contributed by atoms with van der Waals surface area (Å²) >= 11 is 1.04. The van der Waals surface area contributed by atoms with Gasteiger partial charge < -0.3 is 5.32 Å². The maximum Gasteiger partial charge on any atom is 0.234 e. The van der Waals surface area contributed by atoms with E-state index in [0.29, 0.717) is 21.7 Å². The lowest BCUT2D eigenvalue weighted by Crippen LogP contribution is -2.14. The summed E-state index contributed by atoms with van der Waals surface area (Å²) in [4.78, 5) is 34.8. The van der Waals surface area contributed by atoms with Crippen LogP contribution in [0.25, 0.3) is 0 Å². The SMILES string of the molecule is CC(=O)c1cccc(NC(=O)CSc2ccc(C(C)=O)cc2F)c1. The fourth-order valence-corrected chi connectivity index (χ4v) is 2.71. The van der Waals surface area contributed by atoms with Gasteiger partial charge in [0.05, 0.1) is 5.75 Å². The molecule has 0 unspecified atom stereocenters. The number of ketones is 2. The Hall–Kier alpha value is -2.47. The third-order valence-corrected chi connectivity index (χ3v) is 4.30. The fourth-order valence-electron chi connectivity index (χ4n) is 1.99. The minimum absolute atomic E-state index is 0.0145. The van der Waals surface area contributed by atoms with E-state index < -0.39 is 5.82 Å². The Morgan fingerprint density at radius 3 is 2.29 bits per heavy atom. The van der Waals surface area contributed by atoms with Gasteiger partial charge in [0.2, 0.25) is 5.91 Å². The van der Waals surface area contributed by atoms with Crippen LogP contribution in [0.15, 0.2) is 47.4 Å². The molecule has 0 spiro atoms. The standard InChI is InChI=1S/C18H16FNO3S/c1-11(21)13-4-3-5-15(8-13)20-18(23)10-24-17-7-6-14(12(2)22)9-16(17)19/h3-9H,10H2,1-2H3,(H,20,23). The van der Waals surface area contributed by atoms with E-state index in [0.717, 1.165) is 11.8 Å². The van der Waals surface area contributed by atoms with Gasteiger partial charge in [-0.3, -0.25) is 14.4 Å². The highest BCUT2D eigenvalue weighted by atomic mass is 32.2. The van der Waals surface area contributed by atoms with Crippen LogP contribution in [0, 0.1) is 5.82 Å². The Kier molecular flexibility index (Phi) is 5.87. The summed E-state index contributed by atoms with van der Waals surface area (Å²) in [5.41, 5.74) is 1.31. The highest BCUT2D eigenvalue weighted by Gasteiger charge is 2.10. The first-order valence-electron chi connectivity index (χ1n) is 7.21. The van der Waals surface area contributed by atoms with Gasteiger partial charge in [-0.05, 0) is 38.1 Å². The second kappa shape index (κ2) is 7.88. The zero-order valence-corrected chi connectivity index (χ0v) is 14.1. The van der Waals surface area contributed by atoms with E-state index in [1.807, 2.05) is 0 Å². The second-order valence-electron chi connectivity index (χ2n) is 5.18. The lowest BCUT2D eigenvalue weighted by molar-refractivity contribution is -0.113. The largest absolute Gasteiger partial charge is 0.325 e. The Balaban J connectivity index is 1.97. The average Bonchev–Trinajstić information content (AvgIpc) is 2.53. The number of anilines is 1. The molecule has 1 amide bonds. The summed E-state index contributed by atoms with van der Waals surface area (Å²) < 4.78 is 13.9. The van der Waals surface area contributed by atoms with Crippen molar-refractivity contribution in [3.05, 3.63) is 59.4 Å². The van der Waals surface area contributed by atoms with E-state index in [1.54, 1.807) is 24.3 Å². The number of carbonyl (C=O) groups is 3. The van der Waals surface area contributed by atoms with Crippen molar-refractivity contribution < 1.29 is 18.8 Å². The van der Waals surface area contributed by atoms with Crippen LogP contribution in [0.4, 0.5) is 10.1 Å². The lowest BCUT2D eigenvalue weighted by Gasteiger charge is -2.07. The molecule has 0 heterocycles. The molecule has 2 aromatic rings. The molecule has 2 rings (SSSR count). The van der Waals surface area contributed by atoms with E-state index in [2.05, 4.69) is 5.32 Å². The molecule has 0 fully saturated rings. The van der Waals surface area contributed by atoms with Gasteiger partial charge in [-0.1, -0.05) is 18.2 Å². The van der Waals surface area contributed by atoms with Crippen LogP contribution in [0.3, 0.4) is 0 Å². The van der Waals surface area contributed by atoms with Gasteiger partial charge in [0.25, 0.3) is 0 Å². The molecule has 24 heavy (non-hydrogen) atoms. The molecule has 0 aliphatic rings. The third-order valence-electron chi connectivity index (χ3n) is 3.25. The Morgan fingerprint density at radius 1 is 1.00 bits per heavy atom. The summed E-state index contributed by atoms with van der Waals surface area (Å²) in [6.45, 7) is 2.81. The van der Waals surface area contributed by atoms with E-state index in [1.165, 1.54) is 32.0 Å². The van der Waals surface area contributed by atoms with Crippen LogP contribution in [-0.4, -0.2) is 23.2 Å². The first-order chi connectivity index (χ1) is 11.4. The van der Waals surface area contributed by atoms with Crippen LogP contribution >= 0.6 is 11.8 Å². The van der Waals surface area contributed by atoms with Gasteiger partial charge in [-0.2, -0.15) is 0 Å². The number of nitrogens with one attached hydrogen (secondary N) is 1. The van der Waals surface area contributed by atoms with Crippen LogP contribution < -0.4 is 5.32 Å². The highest BCUT2D eigenvalue weighted by molar-refractivity contribution is 8.00. The Bertz CT molecular complexity index is 805. The number of thioether (sulfide) groups is 1. The third kappa shape index (κ3) is 4.76. The van der Waals surface area contributed by atoms with Crippen molar-refractivity contribution in [2.75, 3.05) is 11.1 Å². The number of benzene rings is 2. The molecule has 0 radical (unpaired) electrons. The smallest absolute Gasteiger partial charge is 0.234 e. The lowest BCUT2D eigenvalue weighted by atomic mass is 10.1. The maximum absolute atomic E-state index is 13.9. The molecule has 4 nitrogen and oxygen atoms in total. The van der Waals surface area contributed by atoms with Crippen LogP contribution in [0.5, 0.6) is 0 Å². The predicted molar refractivity (Wildman–Crippen MR) is 92.2 cm³/mol. The van der Waals surface area contributed by atoms with E-state index in [-0.39, 0.29) is 23.2 Å². The molecular formula is C18H16FNO3S. The number of Topliss-reactive ketones (excluding diaryl/α,β-unsaturated/α-hetero) is 2. The zero-order chi connectivity index (χ0) is 17.7. The molecule has 6 heteroatoms. The number of hydrogen-bond acceptors (Lipinski definition) is 4. The van der Waals surface area contributed by atoms with E-state index in [9.17, 15) is 18.8 Å². The fraction of sp³-hybridized carbons (Fsp3) is 0.167. The first kappa shape index (κ1) is 17.9. The van der Waals surface area contributed by atoms with Gasteiger partial charge in [-0.15, -0.1) is 11.8 Å². The summed E-state index contributed by atoms with van der Waals surface area (Å²) in [5.74, 6) is -1.13. The number of rotatable bonds is 6. The molecule has 0 aliphatic carbocycles. The van der Waals surface area contributed by atoms with Crippen molar-refractivity contribution in [3.63, 3.8) is 0 Å². The maximum atomic E-state index is 13.9. The molecule has 0 bridgehead atoms. The van der Waals surface area contributed by atoms with Gasteiger partial charge >= 0.3 is 0 Å². The topological polar surface area (TPSA) is 63.2 Å². The molecule has 1 N–H and O–H groups in total.